The largest absolute Gasteiger partial charge is 0.439 e. The topological polar surface area (TPSA) is 179 Å². The average Bonchev–Trinajstić information content (AvgIpc) is 3.84. The van der Waals surface area contributed by atoms with Crippen molar-refractivity contribution in [1.82, 2.24) is 39.5 Å². The first kappa shape index (κ1) is 31.6. The SMILES string of the molecule is CCCc1c(Cc2ccc(-c3ccccc3-c3noc(=O)[nH]3)cc2)c(=O)n([C@@H](C)CC[C@H](CC)OCc2n[nH]c(=O)o2)c2ncnn12. The highest BCUT2D eigenvalue weighted by Gasteiger charge is 2.23. The van der Waals surface area contributed by atoms with Crippen LogP contribution in [-0.4, -0.2) is 45.6 Å². The summed E-state index contributed by atoms with van der Waals surface area (Å²) >= 11 is 0. The van der Waals surface area contributed by atoms with E-state index in [2.05, 4.69) is 37.3 Å². The third-order valence-electron chi connectivity index (χ3n) is 8.31. The predicted molar refractivity (Wildman–Crippen MR) is 172 cm³/mol. The summed E-state index contributed by atoms with van der Waals surface area (Å²) in [6.07, 6.45) is 5.39. The van der Waals surface area contributed by atoms with Crippen molar-refractivity contribution in [3.63, 3.8) is 0 Å². The Labute approximate surface area is 268 Å². The number of hydrogen-bond acceptors (Lipinski definition) is 10. The number of fused-ring (bicyclic) bond motifs is 1. The first-order valence-electron chi connectivity index (χ1n) is 15.7. The standard InChI is InChI=1S/C33H36N8O6/c1-4-8-27-26(17-21-12-14-22(15-13-21)24-9-6-7-10-25(24)29-36-32(43)47-39-29)30(42)40(31-34-19-35-41(27)31)20(3)11-16-23(5-2)45-18-28-37-38-33(44)46-28/h6-7,9-10,12-15,19-20,23H,4-5,8,11,16-18H2,1-3H3,(H,38,44)(H,36,39,43)/t20-,23-/m0/s1. The minimum absolute atomic E-state index is 0.0833. The minimum atomic E-state index is -0.618. The van der Waals surface area contributed by atoms with Crippen molar-refractivity contribution in [1.29, 1.82) is 0 Å². The van der Waals surface area contributed by atoms with E-state index in [1.54, 1.807) is 9.08 Å². The first-order valence-corrected chi connectivity index (χ1v) is 15.7. The fourth-order valence-electron chi connectivity index (χ4n) is 5.91. The second-order valence-electron chi connectivity index (χ2n) is 11.5. The summed E-state index contributed by atoms with van der Waals surface area (Å²) in [5, 5.41) is 14.4. The van der Waals surface area contributed by atoms with E-state index < -0.39 is 11.5 Å². The molecule has 0 unspecified atom stereocenters. The zero-order valence-corrected chi connectivity index (χ0v) is 26.4. The molecule has 0 bridgehead atoms. The summed E-state index contributed by atoms with van der Waals surface area (Å²) in [4.78, 5) is 44.2. The lowest BCUT2D eigenvalue weighted by Gasteiger charge is -2.22. The fraction of sp³-hybridized carbons (Fsp3) is 0.364. The van der Waals surface area contributed by atoms with Crippen LogP contribution in [-0.2, 0) is 24.2 Å². The molecule has 244 valence electrons. The lowest BCUT2D eigenvalue weighted by molar-refractivity contribution is 0.0175. The van der Waals surface area contributed by atoms with E-state index in [9.17, 15) is 14.4 Å². The van der Waals surface area contributed by atoms with E-state index in [0.717, 1.165) is 40.8 Å². The molecule has 0 aliphatic carbocycles. The molecule has 0 saturated heterocycles. The Balaban J connectivity index is 1.26. The monoisotopic (exact) mass is 640 g/mol. The van der Waals surface area contributed by atoms with Gasteiger partial charge < -0.3 is 9.15 Å². The summed E-state index contributed by atoms with van der Waals surface area (Å²) in [5.74, 6) is -0.163. The molecule has 6 rings (SSSR count). The second kappa shape index (κ2) is 14.0. The summed E-state index contributed by atoms with van der Waals surface area (Å²) in [6, 6.07) is 15.5. The fourth-order valence-corrected chi connectivity index (χ4v) is 5.91. The molecule has 0 aliphatic rings. The van der Waals surface area contributed by atoms with Gasteiger partial charge in [-0.3, -0.25) is 18.9 Å². The van der Waals surface area contributed by atoms with Crippen LogP contribution >= 0.6 is 0 Å². The highest BCUT2D eigenvalue weighted by Crippen LogP contribution is 2.30. The third kappa shape index (κ3) is 6.77. The van der Waals surface area contributed by atoms with Crippen molar-refractivity contribution in [3.05, 3.63) is 109 Å². The normalized spacial score (nSPS) is 12.9. The van der Waals surface area contributed by atoms with Crippen molar-refractivity contribution >= 4 is 5.78 Å². The number of aryl methyl sites for hydroxylation is 1. The predicted octanol–water partition coefficient (Wildman–Crippen LogP) is 4.46. The van der Waals surface area contributed by atoms with Gasteiger partial charge in [-0.15, -0.1) is 5.10 Å². The van der Waals surface area contributed by atoms with Crippen LogP contribution in [0, 0.1) is 0 Å². The van der Waals surface area contributed by atoms with Gasteiger partial charge in [-0.1, -0.05) is 74.0 Å². The molecule has 14 nitrogen and oxygen atoms in total. The average molecular weight is 641 g/mol. The molecule has 2 N–H and O–H groups in total. The maximum Gasteiger partial charge on any atom is 0.439 e. The summed E-state index contributed by atoms with van der Waals surface area (Å²) in [6.45, 7) is 6.19. The van der Waals surface area contributed by atoms with E-state index in [0.29, 0.717) is 42.8 Å². The molecule has 2 atom stereocenters. The van der Waals surface area contributed by atoms with Gasteiger partial charge >= 0.3 is 11.5 Å². The van der Waals surface area contributed by atoms with Crippen LogP contribution in [0.2, 0.25) is 0 Å². The Bertz CT molecular complexity index is 2130. The van der Waals surface area contributed by atoms with Crippen molar-refractivity contribution in [2.75, 3.05) is 0 Å². The lowest BCUT2D eigenvalue weighted by atomic mass is 9.96. The van der Waals surface area contributed by atoms with Crippen LogP contribution in [0.3, 0.4) is 0 Å². The van der Waals surface area contributed by atoms with Gasteiger partial charge in [-0.2, -0.15) is 10.1 Å². The van der Waals surface area contributed by atoms with Gasteiger partial charge in [-0.05, 0) is 49.3 Å². The molecular formula is C33H36N8O6. The van der Waals surface area contributed by atoms with E-state index in [1.807, 2.05) is 62.4 Å². The number of benzene rings is 2. The molecule has 14 heteroatoms. The number of aromatic amines is 2. The number of nitrogens with one attached hydrogen (secondary N) is 2. The Kier molecular flexibility index (Phi) is 9.38. The lowest BCUT2D eigenvalue weighted by Crippen LogP contribution is -2.32. The van der Waals surface area contributed by atoms with Crippen LogP contribution in [0.4, 0.5) is 0 Å². The Morgan fingerprint density at radius 2 is 1.77 bits per heavy atom. The van der Waals surface area contributed by atoms with Gasteiger partial charge in [0.25, 0.3) is 5.56 Å². The zero-order chi connectivity index (χ0) is 32.9. The van der Waals surface area contributed by atoms with Crippen molar-refractivity contribution in [2.45, 2.75) is 78.0 Å². The quantitative estimate of drug-likeness (QED) is 0.173. The highest BCUT2D eigenvalue weighted by molar-refractivity contribution is 5.80. The molecule has 0 radical (unpaired) electrons. The van der Waals surface area contributed by atoms with Gasteiger partial charge in [0, 0.05) is 23.6 Å². The molecule has 4 heterocycles. The maximum atomic E-state index is 14.3. The van der Waals surface area contributed by atoms with Crippen LogP contribution in [0.1, 0.15) is 75.2 Å². The van der Waals surface area contributed by atoms with E-state index in [1.165, 1.54) is 6.33 Å². The molecule has 4 aromatic heterocycles. The molecule has 6 aromatic rings. The number of rotatable bonds is 14. The molecule has 0 fully saturated rings. The number of aromatic nitrogens is 8. The summed E-state index contributed by atoms with van der Waals surface area (Å²) in [5.41, 5.74) is 4.99. The smallest absolute Gasteiger partial charge is 0.390 e. The van der Waals surface area contributed by atoms with Gasteiger partial charge in [0.1, 0.15) is 12.9 Å². The van der Waals surface area contributed by atoms with Crippen LogP contribution in [0.15, 0.2) is 78.2 Å². The van der Waals surface area contributed by atoms with Crippen molar-refractivity contribution in [2.24, 2.45) is 0 Å². The van der Waals surface area contributed by atoms with E-state index in [-0.39, 0.29) is 30.2 Å². The van der Waals surface area contributed by atoms with Crippen LogP contribution in [0.25, 0.3) is 28.3 Å². The minimum Gasteiger partial charge on any atom is -0.390 e. The number of hydrogen-bond donors (Lipinski definition) is 2. The Hall–Kier alpha value is -5.37. The van der Waals surface area contributed by atoms with Crippen LogP contribution < -0.4 is 17.1 Å². The third-order valence-corrected chi connectivity index (χ3v) is 8.31. The van der Waals surface area contributed by atoms with Crippen molar-refractivity contribution < 1.29 is 13.7 Å². The second-order valence-corrected chi connectivity index (χ2v) is 11.5. The Morgan fingerprint density at radius 3 is 2.45 bits per heavy atom. The first-order chi connectivity index (χ1) is 22.9. The number of ether oxygens (including phenoxy) is 1. The molecular weight excluding hydrogens is 604 g/mol. The molecule has 0 amide bonds. The molecule has 47 heavy (non-hydrogen) atoms. The Morgan fingerprint density at radius 1 is 0.979 bits per heavy atom. The molecule has 0 spiro atoms. The molecule has 0 aliphatic heterocycles. The van der Waals surface area contributed by atoms with Gasteiger partial charge in [0.2, 0.25) is 11.7 Å². The summed E-state index contributed by atoms with van der Waals surface area (Å²) in [7, 11) is 0. The number of H-pyrrole nitrogens is 2. The van der Waals surface area contributed by atoms with Gasteiger partial charge in [0.05, 0.1) is 11.8 Å². The number of nitrogens with zero attached hydrogens (tertiary/aromatic N) is 6. The zero-order valence-electron chi connectivity index (χ0n) is 26.4. The highest BCUT2D eigenvalue weighted by atomic mass is 16.5. The molecule has 0 saturated carbocycles. The van der Waals surface area contributed by atoms with Gasteiger partial charge in [-0.25, -0.2) is 19.2 Å². The van der Waals surface area contributed by atoms with E-state index in [4.69, 9.17) is 13.7 Å². The molecule has 2 aromatic carbocycles. The van der Waals surface area contributed by atoms with E-state index >= 15 is 0 Å². The maximum absolute atomic E-state index is 14.3. The summed E-state index contributed by atoms with van der Waals surface area (Å²) < 4.78 is 19.2. The van der Waals surface area contributed by atoms with Gasteiger partial charge in [0.15, 0.2) is 5.82 Å². The van der Waals surface area contributed by atoms with Crippen molar-refractivity contribution in [3.8, 4) is 22.5 Å². The van der Waals surface area contributed by atoms with Crippen LogP contribution in [0.5, 0.6) is 0 Å².